The molecule has 190 valence electrons. The molecule has 0 atom stereocenters. The maximum absolute atomic E-state index is 11.9. The van der Waals surface area contributed by atoms with Crippen molar-refractivity contribution in [1.29, 1.82) is 0 Å². The van der Waals surface area contributed by atoms with Crippen LogP contribution in [-0.2, 0) is 40.5 Å². The van der Waals surface area contributed by atoms with E-state index in [0.29, 0.717) is 12.1 Å². The van der Waals surface area contributed by atoms with Crippen molar-refractivity contribution in [2.24, 2.45) is 0 Å². The van der Waals surface area contributed by atoms with Crippen molar-refractivity contribution in [3.05, 3.63) is 19.3 Å². The van der Waals surface area contributed by atoms with Crippen LogP contribution >= 0.6 is 45.2 Å². The van der Waals surface area contributed by atoms with E-state index < -0.39 is 89.8 Å². The summed E-state index contributed by atoms with van der Waals surface area (Å²) < 4.78 is 150. The molecule has 0 bridgehead atoms. The Morgan fingerprint density at radius 1 is 0.553 bits per heavy atom. The molecule has 0 spiro atoms. The van der Waals surface area contributed by atoms with Gasteiger partial charge < -0.3 is 27.7 Å². The van der Waals surface area contributed by atoms with E-state index in [2.05, 4.69) is 0 Å². The molecule has 2 rings (SSSR count). The van der Waals surface area contributed by atoms with Crippen molar-refractivity contribution in [3.63, 3.8) is 0 Å². The molecule has 0 heterocycles. The van der Waals surface area contributed by atoms with E-state index >= 15 is 0 Å². The van der Waals surface area contributed by atoms with Gasteiger partial charge in [-0.25, -0.2) is 33.7 Å². The average Bonchev–Trinajstić information content (AvgIpc) is 2.62. The standard InChI is InChI=1S/C14H12I2O14S4.4Na/c1-29-11-5(3-7(31(17,18)19)9(15)13(11)33(23,24)25)6-4-8(32(20,21)22)10(16)14(12(6)30-2)34(26,27)28;;;;/h3-4H,1-2H3,(H,17,18,19)(H,20,21,22)(H,23,24,25)(H,26,27,28);;;;/q;4*+1/p-4. The summed E-state index contributed by atoms with van der Waals surface area (Å²) >= 11 is 2.15. The van der Waals surface area contributed by atoms with E-state index in [1.165, 1.54) is 0 Å². The molecule has 0 unspecified atom stereocenters. The zero-order chi connectivity index (χ0) is 26.6. The Labute approximate surface area is 334 Å². The minimum Gasteiger partial charge on any atom is -0.744 e. The predicted molar refractivity (Wildman–Crippen MR) is 122 cm³/mol. The molecule has 14 nitrogen and oxygen atoms in total. The van der Waals surface area contributed by atoms with Gasteiger partial charge in [-0.15, -0.1) is 0 Å². The molecule has 24 heteroatoms. The first-order chi connectivity index (χ1) is 15.2. The van der Waals surface area contributed by atoms with Gasteiger partial charge in [-0.3, -0.25) is 0 Å². The first-order valence-electron chi connectivity index (χ1n) is 7.82. The van der Waals surface area contributed by atoms with Crippen LogP contribution in [0.15, 0.2) is 31.7 Å². The summed E-state index contributed by atoms with van der Waals surface area (Å²) in [7, 11) is -20.5. The molecule has 0 saturated carbocycles. The third-order valence-corrected chi connectivity index (χ3v) is 11.2. The SMILES string of the molecule is COc1c(-c2cc(S(=O)(=O)[O-])c(I)c(S(=O)(=O)[O-])c2OC)cc(S(=O)(=O)[O-])c(I)c1S(=O)(=O)[O-].[Na+].[Na+].[Na+].[Na+]. The van der Waals surface area contributed by atoms with Crippen LogP contribution in [0, 0.1) is 7.14 Å². The van der Waals surface area contributed by atoms with Gasteiger partial charge in [-0.2, -0.15) is 0 Å². The minimum atomic E-state index is -5.58. The molecule has 0 aliphatic heterocycles. The predicted octanol–water partition coefficient (Wildman–Crippen LogP) is -11.8. The number of benzene rings is 2. The molecule has 0 N–H and O–H groups in total. The summed E-state index contributed by atoms with van der Waals surface area (Å²) in [6, 6.07) is 0.898. The fourth-order valence-corrected chi connectivity index (χ4v) is 9.64. The van der Waals surface area contributed by atoms with Crippen molar-refractivity contribution in [2.75, 3.05) is 14.2 Å². The Balaban J connectivity index is -0.00000306. The summed E-state index contributed by atoms with van der Waals surface area (Å²) in [5.41, 5.74) is -1.70. The third kappa shape index (κ3) is 10.1. The number of halogens is 2. The molecule has 0 aromatic heterocycles. The van der Waals surface area contributed by atoms with Gasteiger partial charge in [0.25, 0.3) is 0 Å². The second kappa shape index (κ2) is 16.5. The second-order valence-corrected chi connectivity index (χ2v) is 13.5. The van der Waals surface area contributed by atoms with E-state index in [0.717, 1.165) is 59.4 Å². The Morgan fingerprint density at radius 2 is 0.789 bits per heavy atom. The van der Waals surface area contributed by atoms with Gasteiger partial charge in [0, 0.05) is 11.1 Å². The maximum atomic E-state index is 11.9. The average molecular weight is 874 g/mol. The van der Waals surface area contributed by atoms with E-state index in [1.807, 2.05) is 0 Å². The van der Waals surface area contributed by atoms with Crippen LogP contribution in [0.25, 0.3) is 11.1 Å². The fourth-order valence-electron chi connectivity index (χ4n) is 2.80. The number of hydrogen-bond acceptors (Lipinski definition) is 14. The van der Waals surface area contributed by atoms with Gasteiger partial charge in [0.05, 0.1) is 31.2 Å². The Hall–Kier alpha value is 3.14. The first-order valence-corrected chi connectivity index (χ1v) is 15.6. The summed E-state index contributed by atoms with van der Waals surface area (Å²) in [5.74, 6) is -1.90. The molecule has 38 heavy (non-hydrogen) atoms. The van der Waals surface area contributed by atoms with E-state index in [4.69, 9.17) is 9.47 Å². The van der Waals surface area contributed by atoms with Crippen LogP contribution in [0.2, 0.25) is 0 Å². The van der Waals surface area contributed by atoms with Crippen LogP contribution < -0.4 is 128 Å². The minimum absolute atomic E-state index is 0. The quantitative estimate of drug-likeness (QED) is 0.143. The smallest absolute Gasteiger partial charge is 0.744 e. The van der Waals surface area contributed by atoms with Crippen molar-refractivity contribution < 1.29 is 180 Å². The normalized spacial score (nSPS) is 11.7. The van der Waals surface area contributed by atoms with Crippen LogP contribution in [0.3, 0.4) is 0 Å². The molecule has 0 aliphatic rings. The van der Waals surface area contributed by atoms with E-state index in [-0.39, 0.29) is 118 Å². The van der Waals surface area contributed by atoms with Crippen molar-refractivity contribution in [1.82, 2.24) is 0 Å². The Morgan fingerprint density at radius 3 is 0.947 bits per heavy atom. The largest absolute Gasteiger partial charge is 1.00 e. The summed E-state index contributed by atoms with van der Waals surface area (Å²) in [4.78, 5) is -5.28. The molecule has 0 radical (unpaired) electrons. The van der Waals surface area contributed by atoms with Gasteiger partial charge >= 0.3 is 118 Å². The van der Waals surface area contributed by atoms with Gasteiger partial charge in [0.15, 0.2) is 0 Å². The molecule has 0 aliphatic carbocycles. The van der Waals surface area contributed by atoms with Crippen molar-refractivity contribution in [2.45, 2.75) is 19.6 Å². The van der Waals surface area contributed by atoms with Crippen molar-refractivity contribution in [3.8, 4) is 22.6 Å². The zero-order valence-electron chi connectivity index (χ0n) is 20.3. The first kappa shape index (κ1) is 45.6. The number of ether oxygens (including phenoxy) is 2. The van der Waals surface area contributed by atoms with Crippen LogP contribution in [-0.4, -0.2) is 66.1 Å². The molecular weight excluding hydrogens is 866 g/mol. The van der Waals surface area contributed by atoms with Gasteiger partial charge in [-0.05, 0) is 57.3 Å². The number of methoxy groups -OCH3 is 2. The fraction of sp³-hybridized carbons (Fsp3) is 0.143. The number of rotatable bonds is 7. The van der Waals surface area contributed by atoms with Gasteiger partial charge in [-0.1, -0.05) is 0 Å². The van der Waals surface area contributed by atoms with Crippen molar-refractivity contribution >= 4 is 85.7 Å². The second-order valence-electron chi connectivity index (χ2n) is 6.01. The molecule has 0 amide bonds. The number of hydrogen-bond donors (Lipinski definition) is 0. The van der Waals surface area contributed by atoms with Crippen LogP contribution in [0.5, 0.6) is 11.5 Å². The monoisotopic (exact) mass is 874 g/mol. The Bertz CT molecular complexity index is 1520. The summed E-state index contributed by atoms with van der Waals surface area (Å²) in [6.07, 6.45) is 0. The topological polar surface area (TPSA) is 247 Å². The zero-order valence-corrected chi connectivity index (χ0v) is 35.8. The molecule has 0 fully saturated rings. The van der Waals surface area contributed by atoms with E-state index in [9.17, 15) is 51.9 Å². The van der Waals surface area contributed by atoms with Crippen LogP contribution in [0.4, 0.5) is 0 Å². The Kier molecular flexibility index (Phi) is 19.7. The van der Waals surface area contributed by atoms with Gasteiger partial charge in [0.1, 0.15) is 61.8 Å². The molecular formula is C14H8I2Na4O14S4. The maximum Gasteiger partial charge on any atom is 1.00 e. The van der Waals surface area contributed by atoms with Gasteiger partial charge in [0.2, 0.25) is 0 Å². The summed E-state index contributed by atoms with van der Waals surface area (Å²) in [5, 5.41) is 0. The third-order valence-electron chi connectivity index (χ3n) is 4.02. The summed E-state index contributed by atoms with van der Waals surface area (Å²) in [6.45, 7) is 0. The van der Waals surface area contributed by atoms with Crippen LogP contribution in [0.1, 0.15) is 0 Å². The van der Waals surface area contributed by atoms with E-state index in [1.54, 1.807) is 0 Å². The molecule has 2 aromatic carbocycles. The molecule has 2 aromatic rings. The molecule has 0 saturated heterocycles.